The Balaban J connectivity index is 3.16. The molecule has 0 fully saturated rings. The number of allylic oxidation sites excluding steroid dienone is 1. The van der Waals surface area contributed by atoms with Crippen LogP contribution in [0, 0.1) is 12.3 Å². The number of rotatable bonds is 6. The van der Waals surface area contributed by atoms with Crippen LogP contribution in [0.15, 0.2) is 12.7 Å². The number of hydrogen-bond acceptors (Lipinski definition) is 1. The zero-order chi connectivity index (χ0) is 8.53. The van der Waals surface area contributed by atoms with Gasteiger partial charge < -0.3 is 5.32 Å². The number of hydrogen-bond donors (Lipinski definition) is 1. The average molecular weight is 151 g/mol. The first-order valence-electron chi connectivity index (χ1n) is 4.09. The lowest BCUT2D eigenvalue weighted by Crippen LogP contribution is -2.26. The molecule has 0 saturated heterocycles. The quantitative estimate of drug-likeness (QED) is 0.347. The second kappa shape index (κ2) is 7.37. The van der Waals surface area contributed by atoms with E-state index in [2.05, 4.69) is 24.7 Å². The topological polar surface area (TPSA) is 12.0 Å². The van der Waals surface area contributed by atoms with Crippen molar-refractivity contribution in [3.8, 4) is 12.3 Å². The fourth-order valence-corrected chi connectivity index (χ4v) is 0.861. The van der Waals surface area contributed by atoms with Crippen molar-refractivity contribution in [3.63, 3.8) is 0 Å². The first kappa shape index (κ1) is 10.3. The highest BCUT2D eigenvalue weighted by atomic mass is 14.9. The zero-order valence-corrected chi connectivity index (χ0v) is 7.27. The van der Waals surface area contributed by atoms with Crippen LogP contribution >= 0.6 is 0 Å². The summed E-state index contributed by atoms with van der Waals surface area (Å²) in [6.07, 6.45) is 10.1. The fraction of sp³-hybridized carbons (Fsp3) is 0.600. The standard InChI is InChI=1S/C10H17N/c1-4-6-8-10(3)11-9-7-5-2/h2,4,10-11H,1,6-9H2,3H3. The van der Waals surface area contributed by atoms with Gasteiger partial charge in [-0.1, -0.05) is 6.08 Å². The van der Waals surface area contributed by atoms with Crippen molar-refractivity contribution in [2.45, 2.75) is 32.2 Å². The van der Waals surface area contributed by atoms with Gasteiger partial charge in [-0.2, -0.15) is 0 Å². The van der Waals surface area contributed by atoms with Gasteiger partial charge in [-0.05, 0) is 19.8 Å². The van der Waals surface area contributed by atoms with Gasteiger partial charge in [-0.25, -0.2) is 0 Å². The summed E-state index contributed by atoms with van der Waals surface area (Å²) >= 11 is 0. The number of terminal acetylenes is 1. The van der Waals surface area contributed by atoms with Crippen LogP contribution in [-0.4, -0.2) is 12.6 Å². The normalized spacial score (nSPS) is 12.0. The molecule has 0 rings (SSSR count). The van der Waals surface area contributed by atoms with Crippen molar-refractivity contribution in [1.82, 2.24) is 5.32 Å². The predicted octanol–water partition coefficient (Wildman–Crippen LogP) is 1.95. The summed E-state index contributed by atoms with van der Waals surface area (Å²) in [4.78, 5) is 0. The van der Waals surface area contributed by atoms with E-state index in [1.165, 1.54) is 0 Å². The van der Waals surface area contributed by atoms with Crippen molar-refractivity contribution in [2.24, 2.45) is 0 Å². The summed E-state index contributed by atoms with van der Waals surface area (Å²) in [6.45, 7) is 6.76. The van der Waals surface area contributed by atoms with E-state index < -0.39 is 0 Å². The van der Waals surface area contributed by atoms with Crippen LogP contribution < -0.4 is 5.32 Å². The summed E-state index contributed by atoms with van der Waals surface area (Å²) < 4.78 is 0. The van der Waals surface area contributed by atoms with Crippen molar-refractivity contribution in [1.29, 1.82) is 0 Å². The van der Waals surface area contributed by atoms with E-state index >= 15 is 0 Å². The van der Waals surface area contributed by atoms with Crippen LogP contribution in [0.2, 0.25) is 0 Å². The molecule has 0 aliphatic carbocycles. The average Bonchev–Trinajstić information content (AvgIpc) is 2.01. The van der Waals surface area contributed by atoms with Gasteiger partial charge in [0.1, 0.15) is 0 Å². The van der Waals surface area contributed by atoms with E-state index in [-0.39, 0.29) is 0 Å². The maximum absolute atomic E-state index is 5.11. The molecule has 0 saturated carbocycles. The van der Waals surface area contributed by atoms with Gasteiger partial charge in [0.15, 0.2) is 0 Å². The minimum absolute atomic E-state index is 0.557. The molecule has 62 valence electrons. The molecular weight excluding hydrogens is 134 g/mol. The molecule has 0 aromatic heterocycles. The third-order valence-electron chi connectivity index (χ3n) is 1.57. The molecule has 0 aromatic carbocycles. The van der Waals surface area contributed by atoms with Crippen LogP contribution in [0.5, 0.6) is 0 Å². The van der Waals surface area contributed by atoms with Gasteiger partial charge in [0, 0.05) is 19.0 Å². The Labute approximate surface area is 69.9 Å². The smallest absolute Gasteiger partial charge is 0.0211 e. The molecule has 11 heavy (non-hydrogen) atoms. The van der Waals surface area contributed by atoms with Gasteiger partial charge >= 0.3 is 0 Å². The van der Waals surface area contributed by atoms with Crippen molar-refractivity contribution >= 4 is 0 Å². The molecule has 1 N–H and O–H groups in total. The van der Waals surface area contributed by atoms with E-state index in [4.69, 9.17) is 6.42 Å². The highest BCUT2D eigenvalue weighted by Gasteiger charge is 1.96. The summed E-state index contributed by atoms with van der Waals surface area (Å²) in [5.41, 5.74) is 0. The fourth-order valence-electron chi connectivity index (χ4n) is 0.861. The molecule has 0 aromatic rings. The van der Waals surface area contributed by atoms with E-state index in [0.717, 1.165) is 25.8 Å². The molecule has 1 unspecified atom stereocenters. The summed E-state index contributed by atoms with van der Waals surface area (Å²) in [7, 11) is 0. The Morgan fingerprint density at radius 3 is 3.00 bits per heavy atom. The maximum atomic E-state index is 5.11. The van der Waals surface area contributed by atoms with E-state index in [1.807, 2.05) is 6.08 Å². The van der Waals surface area contributed by atoms with Gasteiger partial charge in [-0.3, -0.25) is 0 Å². The number of nitrogens with one attached hydrogen (secondary N) is 1. The second-order valence-corrected chi connectivity index (χ2v) is 2.68. The van der Waals surface area contributed by atoms with Crippen LogP contribution in [0.3, 0.4) is 0 Å². The molecule has 1 nitrogen and oxygen atoms in total. The first-order valence-corrected chi connectivity index (χ1v) is 4.09. The molecule has 0 bridgehead atoms. The highest BCUT2D eigenvalue weighted by molar-refractivity contribution is 4.84. The Bertz CT molecular complexity index is 132. The molecule has 0 radical (unpaired) electrons. The van der Waals surface area contributed by atoms with Crippen molar-refractivity contribution < 1.29 is 0 Å². The second-order valence-electron chi connectivity index (χ2n) is 2.68. The van der Waals surface area contributed by atoms with Crippen LogP contribution in [0.25, 0.3) is 0 Å². The van der Waals surface area contributed by atoms with Crippen molar-refractivity contribution in [2.75, 3.05) is 6.54 Å². The van der Waals surface area contributed by atoms with Crippen LogP contribution in [-0.2, 0) is 0 Å². The Morgan fingerprint density at radius 1 is 1.73 bits per heavy atom. The lowest BCUT2D eigenvalue weighted by Gasteiger charge is -2.10. The van der Waals surface area contributed by atoms with Crippen LogP contribution in [0.1, 0.15) is 26.2 Å². The van der Waals surface area contributed by atoms with Gasteiger partial charge in [0.25, 0.3) is 0 Å². The molecule has 0 amide bonds. The van der Waals surface area contributed by atoms with Crippen molar-refractivity contribution in [3.05, 3.63) is 12.7 Å². The Morgan fingerprint density at radius 2 is 2.45 bits per heavy atom. The van der Waals surface area contributed by atoms with E-state index in [1.54, 1.807) is 0 Å². The molecular formula is C10H17N. The zero-order valence-electron chi connectivity index (χ0n) is 7.27. The molecule has 0 heterocycles. The lowest BCUT2D eigenvalue weighted by atomic mass is 10.2. The largest absolute Gasteiger partial charge is 0.313 e. The van der Waals surface area contributed by atoms with Gasteiger partial charge in [0.2, 0.25) is 0 Å². The molecule has 1 atom stereocenters. The third-order valence-corrected chi connectivity index (χ3v) is 1.57. The maximum Gasteiger partial charge on any atom is 0.0211 e. The minimum Gasteiger partial charge on any atom is -0.313 e. The summed E-state index contributed by atoms with van der Waals surface area (Å²) in [5, 5.41) is 3.33. The summed E-state index contributed by atoms with van der Waals surface area (Å²) in [5.74, 6) is 2.60. The molecule has 0 aliphatic heterocycles. The van der Waals surface area contributed by atoms with E-state index in [0.29, 0.717) is 6.04 Å². The summed E-state index contributed by atoms with van der Waals surface area (Å²) in [6, 6.07) is 0.557. The Hall–Kier alpha value is -0.740. The molecule has 0 aliphatic rings. The SMILES string of the molecule is C#CCCNC(C)CCC=C. The van der Waals surface area contributed by atoms with Gasteiger partial charge in [0.05, 0.1) is 0 Å². The third kappa shape index (κ3) is 7.15. The monoisotopic (exact) mass is 151 g/mol. The van der Waals surface area contributed by atoms with Gasteiger partial charge in [-0.15, -0.1) is 18.9 Å². The lowest BCUT2D eigenvalue weighted by molar-refractivity contribution is 0.526. The highest BCUT2D eigenvalue weighted by Crippen LogP contribution is 1.95. The molecule has 1 heteroatoms. The van der Waals surface area contributed by atoms with E-state index in [9.17, 15) is 0 Å². The predicted molar refractivity (Wildman–Crippen MR) is 50.3 cm³/mol. The Kier molecular flexibility index (Phi) is 6.87. The molecule has 0 spiro atoms. The first-order chi connectivity index (χ1) is 5.31. The van der Waals surface area contributed by atoms with Crippen LogP contribution in [0.4, 0.5) is 0 Å². The minimum atomic E-state index is 0.557.